The second-order valence-corrected chi connectivity index (χ2v) is 9.61. The molecule has 0 saturated carbocycles. The lowest BCUT2D eigenvalue weighted by Crippen LogP contribution is -2.35. The highest BCUT2D eigenvalue weighted by Crippen LogP contribution is 2.31. The number of fused-ring (bicyclic) bond motifs is 1. The van der Waals surface area contributed by atoms with Crippen LogP contribution in [0.2, 0.25) is 0 Å². The molecule has 4 rings (SSSR count). The molecule has 1 aliphatic rings. The summed E-state index contributed by atoms with van der Waals surface area (Å²) in [6.07, 6.45) is 4.01. The monoisotopic (exact) mass is 427 g/mol. The summed E-state index contributed by atoms with van der Waals surface area (Å²) in [6.45, 7) is 0.881. The Hall–Kier alpha value is -2.71. The van der Waals surface area contributed by atoms with Crippen molar-refractivity contribution in [1.82, 2.24) is 10.3 Å². The maximum Gasteiger partial charge on any atom is 0.264 e. The first-order valence-electron chi connectivity index (χ1n) is 9.43. The highest BCUT2D eigenvalue weighted by Gasteiger charge is 2.29. The maximum atomic E-state index is 13.3. The number of hydrogen-bond acceptors (Lipinski definition) is 5. The van der Waals surface area contributed by atoms with E-state index in [0.717, 1.165) is 29.1 Å². The Morgan fingerprint density at radius 3 is 2.86 bits per heavy atom. The summed E-state index contributed by atoms with van der Waals surface area (Å²) in [4.78, 5) is 16.8. The predicted octanol–water partition coefficient (Wildman–Crippen LogP) is 3.26. The first kappa shape index (κ1) is 19.6. The summed E-state index contributed by atoms with van der Waals surface area (Å²) in [5.74, 6) is -0.294. The Bertz CT molecular complexity index is 1110. The lowest BCUT2D eigenvalue weighted by molar-refractivity contribution is 0.0954. The Kier molecular flexibility index (Phi) is 5.64. The quantitative estimate of drug-likeness (QED) is 0.655. The van der Waals surface area contributed by atoms with Crippen LogP contribution >= 0.6 is 11.3 Å². The van der Waals surface area contributed by atoms with Crippen molar-refractivity contribution in [1.29, 1.82) is 0 Å². The van der Waals surface area contributed by atoms with Gasteiger partial charge >= 0.3 is 0 Å². The Morgan fingerprint density at radius 1 is 1.17 bits per heavy atom. The van der Waals surface area contributed by atoms with Gasteiger partial charge in [-0.05, 0) is 42.7 Å². The SMILES string of the molecule is O=C(NCCc1nccs1)c1cccc(S(=O)(=O)N2CCCc3ccccc32)c1. The summed E-state index contributed by atoms with van der Waals surface area (Å²) >= 11 is 1.54. The van der Waals surface area contributed by atoms with Gasteiger partial charge in [0.2, 0.25) is 0 Å². The molecule has 0 bridgehead atoms. The van der Waals surface area contributed by atoms with Gasteiger partial charge in [-0.25, -0.2) is 13.4 Å². The van der Waals surface area contributed by atoms with Crippen molar-refractivity contribution < 1.29 is 13.2 Å². The molecule has 0 radical (unpaired) electrons. The van der Waals surface area contributed by atoms with Crippen molar-refractivity contribution in [2.24, 2.45) is 0 Å². The highest BCUT2D eigenvalue weighted by molar-refractivity contribution is 7.92. The van der Waals surface area contributed by atoms with Crippen molar-refractivity contribution in [3.05, 3.63) is 76.2 Å². The van der Waals surface area contributed by atoms with E-state index in [0.29, 0.717) is 25.1 Å². The first-order chi connectivity index (χ1) is 14.1. The van der Waals surface area contributed by atoms with Crippen molar-refractivity contribution in [2.45, 2.75) is 24.2 Å². The van der Waals surface area contributed by atoms with Crippen LogP contribution in [0.3, 0.4) is 0 Å². The van der Waals surface area contributed by atoms with Gasteiger partial charge in [0.1, 0.15) is 0 Å². The molecule has 0 fully saturated rings. The predicted molar refractivity (Wildman–Crippen MR) is 114 cm³/mol. The number of para-hydroxylation sites is 1. The lowest BCUT2D eigenvalue weighted by atomic mass is 10.0. The second kappa shape index (κ2) is 8.34. The minimum absolute atomic E-state index is 0.127. The molecular weight excluding hydrogens is 406 g/mol. The third-order valence-corrected chi connectivity index (χ3v) is 7.51. The van der Waals surface area contributed by atoms with Gasteiger partial charge in [-0.1, -0.05) is 24.3 Å². The molecule has 0 atom stereocenters. The zero-order chi connectivity index (χ0) is 20.3. The number of nitrogens with one attached hydrogen (secondary N) is 1. The van der Waals surface area contributed by atoms with Crippen LogP contribution in [0.4, 0.5) is 5.69 Å². The smallest absolute Gasteiger partial charge is 0.264 e. The van der Waals surface area contributed by atoms with Crippen LogP contribution in [-0.2, 0) is 22.9 Å². The Labute approximate surface area is 174 Å². The van der Waals surface area contributed by atoms with Gasteiger partial charge in [0.15, 0.2) is 0 Å². The summed E-state index contributed by atoms with van der Waals surface area (Å²) in [7, 11) is -3.74. The number of carbonyl (C=O) groups is 1. The van der Waals surface area contributed by atoms with Crippen LogP contribution in [0.5, 0.6) is 0 Å². The average molecular weight is 428 g/mol. The standard InChI is InChI=1S/C21H21N3O3S2/c25-21(23-11-10-20-22-12-14-28-20)17-6-3-8-18(15-17)29(26,27)24-13-4-7-16-5-1-2-9-19(16)24/h1-3,5-6,8-9,12,14-15H,4,7,10-11,13H2,(H,23,25). The van der Waals surface area contributed by atoms with Crippen molar-refractivity contribution >= 4 is 33.0 Å². The van der Waals surface area contributed by atoms with Crippen LogP contribution in [0.1, 0.15) is 27.3 Å². The molecule has 0 aliphatic carbocycles. The fourth-order valence-corrected chi connectivity index (χ4v) is 5.64. The van der Waals surface area contributed by atoms with Gasteiger partial charge in [-0.2, -0.15) is 0 Å². The van der Waals surface area contributed by atoms with Crippen molar-refractivity contribution in [3.8, 4) is 0 Å². The van der Waals surface area contributed by atoms with E-state index in [-0.39, 0.29) is 10.8 Å². The summed E-state index contributed by atoms with van der Waals surface area (Å²) in [5, 5.41) is 5.67. The number of thiazole rings is 1. The van der Waals surface area contributed by atoms with Gasteiger partial charge in [-0.3, -0.25) is 9.10 Å². The van der Waals surface area contributed by atoms with E-state index in [4.69, 9.17) is 0 Å². The third-order valence-electron chi connectivity index (χ3n) is 4.86. The first-order valence-corrected chi connectivity index (χ1v) is 11.7. The molecule has 1 N–H and O–H groups in total. The molecule has 1 amide bonds. The molecule has 150 valence electrons. The van der Waals surface area contributed by atoms with E-state index in [2.05, 4.69) is 10.3 Å². The van der Waals surface area contributed by atoms with Gasteiger partial charge in [0, 0.05) is 36.7 Å². The minimum atomic E-state index is -3.74. The molecule has 1 aliphatic heterocycles. The molecule has 3 aromatic rings. The third kappa shape index (κ3) is 4.18. The molecular formula is C21H21N3O3S2. The van der Waals surface area contributed by atoms with E-state index >= 15 is 0 Å². The van der Waals surface area contributed by atoms with Gasteiger partial charge < -0.3 is 5.32 Å². The van der Waals surface area contributed by atoms with Gasteiger partial charge in [0.05, 0.1) is 15.6 Å². The lowest BCUT2D eigenvalue weighted by Gasteiger charge is -2.30. The minimum Gasteiger partial charge on any atom is -0.352 e. The Morgan fingerprint density at radius 2 is 2.03 bits per heavy atom. The van der Waals surface area contributed by atoms with Crippen LogP contribution in [-0.4, -0.2) is 32.4 Å². The van der Waals surface area contributed by atoms with E-state index in [1.54, 1.807) is 24.4 Å². The second-order valence-electron chi connectivity index (χ2n) is 6.77. The topological polar surface area (TPSA) is 79.4 Å². The van der Waals surface area contributed by atoms with Crippen LogP contribution < -0.4 is 9.62 Å². The van der Waals surface area contributed by atoms with E-state index in [9.17, 15) is 13.2 Å². The number of carbonyl (C=O) groups excluding carboxylic acids is 1. The zero-order valence-corrected chi connectivity index (χ0v) is 17.4. The van der Waals surface area contributed by atoms with E-state index in [1.165, 1.54) is 21.7 Å². The van der Waals surface area contributed by atoms with E-state index < -0.39 is 10.0 Å². The molecule has 1 aromatic heterocycles. The number of amides is 1. The van der Waals surface area contributed by atoms with Gasteiger partial charge in [-0.15, -0.1) is 11.3 Å². The van der Waals surface area contributed by atoms with Crippen molar-refractivity contribution in [2.75, 3.05) is 17.4 Å². The molecule has 2 aromatic carbocycles. The normalized spacial score (nSPS) is 13.7. The summed E-state index contributed by atoms with van der Waals surface area (Å²) in [6, 6.07) is 13.8. The fourth-order valence-electron chi connectivity index (χ4n) is 3.44. The fraction of sp³-hybridized carbons (Fsp3) is 0.238. The number of aromatic nitrogens is 1. The summed E-state index contributed by atoms with van der Waals surface area (Å²) in [5.41, 5.74) is 2.07. The van der Waals surface area contributed by atoms with Crippen LogP contribution in [0.25, 0.3) is 0 Å². The molecule has 29 heavy (non-hydrogen) atoms. The number of aryl methyl sites for hydroxylation is 1. The molecule has 0 saturated heterocycles. The number of hydrogen-bond donors (Lipinski definition) is 1. The Balaban J connectivity index is 1.53. The van der Waals surface area contributed by atoms with Crippen molar-refractivity contribution in [3.63, 3.8) is 0 Å². The number of benzene rings is 2. The largest absolute Gasteiger partial charge is 0.352 e. The van der Waals surface area contributed by atoms with Gasteiger partial charge in [0.25, 0.3) is 15.9 Å². The maximum absolute atomic E-state index is 13.3. The molecule has 8 heteroatoms. The average Bonchev–Trinajstić information content (AvgIpc) is 3.27. The van der Waals surface area contributed by atoms with Crippen LogP contribution in [0.15, 0.2) is 65.0 Å². The molecule has 0 spiro atoms. The number of nitrogens with zero attached hydrogens (tertiary/aromatic N) is 2. The zero-order valence-electron chi connectivity index (χ0n) is 15.7. The summed E-state index contributed by atoms with van der Waals surface area (Å²) < 4.78 is 28.0. The highest BCUT2D eigenvalue weighted by atomic mass is 32.2. The molecule has 0 unspecified atom stereocenters. The molecule has 6 nitrogen and oxygen atoms in total. The number of anilines is 1. The van der Waals surface area contributed by atoms with Crippen LogP contribution in [0, 0.1) is 0 Å². The molecule has 2 heterocycles. The van der Waals surface area contributed by atoms with E-state index in [1.807, 2.05) is 29.6 Å². The number of sulfonamides is 1. The number of rotatable bonds is 6.